The average Bonchev–Trinajstić information content (AvgIpc) is 2.77. The number of nitrogens with zero attached hydrogens (tertiary/aromatic N) is 2. The fourth-order valence-corrected chi connectivity index (χ4v) is 4.58. The predicted molar refractivity (Wildman–Crippen MR) is 123 cm³/mol. The van der Waals surface area contributed by atoms with E-state index in [4.69, 9.17) is 21.1 Å². The summed E-state index contributed by atoms with van der Waals surface area (Å²) in [5, 5.41) is 0.0530. The van der Waals surface area contributed by atoms with Crippen LogP contribution in [0.4, 0.5) is 5.69 Å². The molecule has 1 amide bonds. The standard InChI is InChI=1S/C22H25ClN2O6S/c1-5-13-25(19-9-7-8-10-20(19)30-4)32(28,29)16-11-12-18(23)17(14-16)22(27)24(3)15-21(26)31-6-2/h5,7-12,14H,1,6,13,15H2,2-4H3. The Morgan fingerprint density at radius 2 is 1.88 bits per heavy atom. The molecule has 0 fully saturated rings. The molecule has 0 heterocycles. The molecular formula is C22H25ClN2O6S. The first-order valence-corrected chi connectivity index (χ1v) is 11.5. The molecule has 0 radical (unpaired) electrons. The molecule has 2 aromatic carbocycles. The summed E-state index contributed by atoms with van der Waals surface area (Å²) in [6.45, 7) is 5.14. The molecule has 0 atom stereocenters. The van der Waals surface area contributed by atoms with Crippen molar-refractivity contribution in [1.29, 1.82) is 0 Å². The minimum absolute atomic E-state index is 0.0304. The summed E-state index contributed by atoms with van der Waals surface area (Å²) in [5.41, 5.74) is 0.260. The van der Waals surface area contributed by atoms with Gasteiger partial charge in [0.25, 0.3) is 15.9 Å². The number of esters is 1. The Labute approximate surface area is 193 Å². The van der Waals surface area contributed by atoms with Gasteiger partial charge in [-0.15, -0.1) is 6.58 Å². The number of methoxy groups -OCH3 is 1. The SMILES string of the molecule is C=CCN(c1ccccc1OC)S(=O)(=O)c1ccc(Cl)c(C(=O)N(C)CC(=O)OCC)c1. The highest BCUT2D eigenvalue weighted by molar-refractivity contribution is 7.92. The molecule has 2 aromatic rings. The van der Waals surface area contributed by atoms with E-state index in [1.807, 2.05) is 0 Å². The van der Waals surface area contributed by atoms with Crippen molar-refractivity contribution in [3.8, 4) is 5.75 Å². The van der Waals surface area contributed by atoms with Crippen LogP contribution in [0.15, 0.2) is 60.0 Å². The van der Waals surface area contributed by atoms with Gasteiger partial charge in [-0.2, -0.15) is 0 Å². The van der Waals surface area contributed by atoms with Gasteiger partial charge in [0, 0.05) is 7.05 Å². The maximum atomic E-state index is 13.5. The number of likely N-dealkylation sites (N-methyl/N-ethyl adjacent to an activating group) is 1. The Hall–Kier alpha value is -3.04. The van der Waals surface area contributed by atoms with Gasteiger partial charge in [0.05, 0.1) is 41.4 Å². The summed E-state index contributed by atoms with van der Waals surface area (Å²) >= 11 is 6.18. The molecule has 172 valence electrons. The van der Waals surface area contributed by atoms with Crippen LogP contribution in [-0.4, -0.2) is 59.0 Å². The lowest BCUT2D eigenvalue weighted by Gasteiger charge is -2.25. The largest absolute Gasteiger partial charge is 0.495 e. The van der Waals surface area contributed by atoms with Gasteiger partial charge in [-0.1, -0.05) is 29.8 Å². The second kappa shape index (κ2) is 11.0. The van der Waals surface area contributed by atoms with Crippen LogP contribution >= 0.6 is 11.6 Å². The van der Waals surface area contributed by atoms with E-state index >= 15 is 0 Å². The zero-order valence-corrected chi connectivity index (χ0v) is 19.6. The lowest BCUT2D eigenvalue weighted by Crippen LogP contribution is -2.34. The van der Waals surface area contributed by atoms with Gasteiger partial charge < -0.3 is 14.4 Å². The third kappa shape index (κ3) is 5.60. The van der Waals surface area contributed by atoms with Crippen LogP contribution in [0.25, 0.3) is 0 Å². The monoisotopic (exact) mass is 480 g/mol. The summed E-state index contributed by atoms with van der Waals surface area (Å²) < 4.78 is 38.3. The zero-order chi connectivity index (χ0) is 23.9. The fraction of sp³-hybridized carbons (Fsp3) is 0.273. The second-order valence-electron chi connectivity index (χ2n) is 6.60. The zero-order valence-electron chi connectivity index (χ0n) is 18.1. The molecule has 0 aromatic heterocycles. The molecule has 0 saturated carbocycles. The maximum Gasteiger partial charge on any atom is 0.325 e. The summed E-state index contributed by atoms with van der Waals surface area (Å²) in [4.78, 5) is 25.5. The molecule has 2 rings (SSSR count). The number of carbonyl (C=O) groups excluding carboxylic acids is 2. The number of amides is 1. The molecule has 32 heavy (non-hydrogen) atoms. The highest BCUT2D eigenvalue weighted by atomic mass is 35.5. The topological polar surface area (TPSA) is 93.2 Å². The molecule has 0 spiro atoms. The highest BCUT2D eigenvalue weighted by Gasteiger charge is 2.28. The molecule has 8 nitrogen and oxygen atoms in total. The summed E-state index contributed by atoms with van der Waals surface area (Å²) in [6, 6.07) is 10.5. The molecule has 0 unspecified atom stereocenters. The Morgan fingerprint density at radius 3 is 2.50 bits per heavy atom. The number of ether oxygens (including phenoxy) is 2. The third-order valence-electron chi connectivity index (χ3n) is 4.42. The molecule has 0 N–H and O–H groups in total. The van der Waals surface area contributed by atoms with E-state index in [1.54, 1.807) is 31.2 Å². The van der Waals surface area contributed by atoms with Crippen molar-refractivity contribution < 1.29 is 27.5 Å². The quantitative estimate of drug-likeness (QED) is 0.382. The molecule has 0 aliphatic rings. The first kappa shape index (κ1) is 25.2. The van der Waals surface area contributed by atoms with E-state index in [0.29, 0.717) is 11.4 Å². The minimum atomic E-state index is -4.12. The molecule has 0 saturated heterocycles. The summed E-state index contributed by atoms with van der Waals surface area (Å²) in [6.07, 6.45) is 1.44. The van der Waals surface area contributed by atoms with Gasteiger partial charge in [0.2, 0.25) is 0 Å². The van der Waals surface area contributed by atoms with Crippen LogP contribution in [0.2, 0.25) is 5.02 Å². The molecule has 0 aliphatic heterocycles. The van der Waals surface area contributed by atoms with Crippen LogP contribution in [-0.2, 0) is 19.6 Å². The summed E-state index contributed by atoms with van der Waals surface area (Å²) in [5.74, 6) is -0.846. The Balaban J connectivity index is 2.48. The number of hydrogen-bond donors (Lipinski definition) is 0. The van der Waals surface area contributed by atoms with Crippen LogP contribution < -0.4 is 9.04 Å². The van der Waals surface area contributed by atoms with Crippen molar-refractivity contribution in [2.45, 2.75) is 11.8 Å². The molecular weight excluding hydrogens is 456 g/mol. The Bertz CT molecular complexity index is 1100. The highest BCUT2D eigenvalue weighted by Crippen LogP contribution is 2.33. The predicted octanol–water partition coefficient (Wildman–Crippen LogP) is 3.37. The van der Waals surface area contributed by atoms with Gasteiger partial charge in [-0.3, -0.25) is 13.9 Å². The molecule has 0 aliphatic carbocycles. The molecule has 0 bridgehead atoms. The number of carbonyl (C=O) groups is 2. The van der Waals surface area contributed by atoms with Crippen LogP contribution in [0.3, 0.4) is 0 Å². The van der Waals surface area contributed by atoms with E-state index in [9.17, 15) is 18.0 Å². The number of rotatable bonds is 10. The van der Waals surface area contributed by atoms with Crippen molar-refractivity contribution >= 4 is 39.2 Å². The number of sulfonamides is 1. The second-order valence-corrected chi connectivity index (χ2v) is 8.87. The van der Waals surface area contributed by atoms with Crippen molar-refractivity contribution in [2.24, 2.45) is 0 Å². The van der Waals surface area contributed by atoms with Gasteiger partial charge in [0.15, 0.2) is 0 Å². The van der Waals surface area contributed by atoms with E-state index in [-0.39, 0.29) is 35.2 Å². The Kier molecular flexibility index (Phi) is 8.68. The van der Waals surface area contributed by atoms with E-state index < -0.39 is 21.9 Å². The first-order chi connectivity index (χ1) is 15.2. The van der Waals surface area contributed by atoms with E-state index in [0.717, 1.165) is 9.21 Å². The van der Waals surface area contributed by atoms with Crippen molar-refractivity contribution in [3.63, 3.8) is 0 Å². The van der Waals surface area contributed by atoms with Gasteiger partial charge >= 0.3 is 5.97 Å². The van der Waals surface area contributed by atoms with Crippen LogP contribution in [0.1, 0.15) is 17.3 Å². The average molecular weight is 481 g/mol. The summed E-state index contributed by atoms with van der Waals surface area (Å²) in [7, 11) is -1.28. The minimum Gasteiger partial charge on any atom is -0.495 e. The first-order valence-electron chi connectivity index (χ1n) is 9.64. The van der Waals surface area contributed by atoms with Crippen molar-refractivity contribution in [3.05, 3.63) is 65.7 Å². The normalized spacial score (nSPS) is 10.9. The van der Waals surface area contributed by atoms with Crippen LogP contribution in [0.5, 0.6) is 5.75 Å². The maximum absolute atomic E-state index is 13.5. The number of para-hydroxylation sites is 2. The number of benzene rings is 2. The third-order valence-corrected chi connectivity index (χ3v) is 6.53. The Morgan fingerprint density at radius 1 is 1.19 bits per heavy atom. The fourth-order valence-electron chi connectivity index (χ4n) is 2.91. The van der Waals surface area contributed by atoms with Gasteiger partial charge in [-0.25, -0.2) is 8.42 Å². The van der Waals surface area contributed by atoms with E-state index in [2.05, 4.69) is 6.58 Å². The lowest BCUT2D eigenvalue weighted by molar-refractivity contribution is -0.143. The number of anilines is 1. The number of halogens is 1. The van der Waals surface area contributed by atoms with Gasteiger partial charge in [-0.05, 0) is 37.3 Å². The molecule has 10 heteroatoms. The van der Waals surface area contributed by atoms with Crippen LogP contribution in [0, 0.1) is 0 Å². The van der Waals surface area contributed by atoms with Crippen molar-refractivity contribution in [1.82, 2.24) is 4.90 Å². The van der Waals surface area contributed by atoms with Gasteiger partial charge in [0.1, 0.15) is 12.3 Å². The van der Waals surface area contributed by atoms with E-state index in [1.165, 1.54) is 38.4 Å². The van der Waals surface area contributed by atoms with Crippen molar-refractivity contribution in [2.75, 3.05) is 38.2 Å². The number of hydrogen-bond acceptors (Lipinski definition) is 6. The smallest absolute Gasteiger partial charge is 0.325 e. The lowest BCUT2D eigenvalue weighted by atomic mass is 10.2.